The maximum Gasteiger partial charge on any atom is 0.123 e. The van der Waals surface area contributed by atoms with Crippen molar-refractivity contribution in [1.82, 2.24) is 19.7 Å². The zero-order valence-electron chi connectivity index (χ0n) is 11.5. The molecule has 0 unspecified atom stereocenters. The predicted octanol–water partition coefficient (Wildman–Crippen LogP) is 2.06. The van der Waals surface area contributed by atoms with Crippen LogP contribution in [0.4, 0.5) is 5.69 Å². The van der Waals surface area contributed by atoms with Crippen LogP contribution < -0.4 is 4.90 Å². The van der Waals surface area contributed by atoms with Crippen LogP contribution >= 0.6 is 11.6 Å². The van der Waals surface area contributed by atoms with E-state index in [-0.39, 0.29) is 0 Å². The number of benzene rings is 1. The second-order valence-corrected chi connectivity index (χ2v) is 5.31. The monoisotopic (exact) mass is 291 g/mol. The van der Waals surface area contributed by atoms with Crippen LogP contribution in [0.2, 0.25) is 5.02 Å². The summed E-state index contributed by atoms with van der Waals surface area (Å²) in [6, 6.07) is 5.96. The maximum atomic E-state index is 6.44. The number of piperazine rings is 1. The van der Waals surface area contributed by atoms with Gasteiger partial charge < -0.3 is 9.80 Å². The fourth-order valence-corrected chi connectivity index (χ4v) is 2.93. The Balaban J connectivity index is 1.93. The average molecular weight is 292 g/mol. The van der Waals surface area contributed by atoms with Gasteiger partial charge in [0.2, 0.25) is 0 Å². The number of hydrogen-bond donors (Lipinski definition) is 0. The molecule has 0 spiro atoms. The lowest BCUT2D eigenvalue weighted by Crippen LogP contribution is -2.46. The van der Waals surface area contributed by atoms with Crippen LogP contribution in [0.25, 0.3) is 5.69 Å². The van der Waals surface area contributed by atoms with E-state index in [1.807, 2.05) is 16.7 Å². The summed E-state index contributed by atoms with van der Waals surface area (Å²) in [6.07, 6.45) is 3.41. The molecule has 0 saturated carbocycles. The highest BCUT2D eigenvalue weighted by atomic mass is 35.5. The van der Waals surface area contributed by atoms with Crippen molar-refractivity contribution in [2.75, 3.05) is 37.6 Å². The smallest absolute Gasteiger partial charge is 0.123 e. The summed E-state index contributed by atoms with van der Waals surface area (Å²) in [6.45, 7) is 7.44. The van der Waals surface area contributed by atoms with E-state index in [0.29, 0.717) is 0 Å². The fraction of sp³-hybridized carbons (Fsp3) is 0.429. The molecule has 106 valence electrons. The van der Waals surface area contributed by atoms with Crippen molar-refractivity contribution in [3.63, 3.8) is 0 Å². The average Bonchev–Trinajstić information content (AvgIpc) is 3.01. The van der Waals surface area contributed by atoms with Crippen molar-refractivity contribution in [2.24, 2.45) is 0 Å². The lowest BCUT2D eigenvalue weighted by molar-refractivity contribution is 0.271. The molecule has 1 aromatic heterocycles. The van der Waals surface area contributed by atoms with Gasteiger partial charge in [-0.3, -0.25) is 4.57 Å². The van der Waals surface area contributed by atoms with E-state index < -0.39 is 0 Å². The molecule has 0 atom stereocenters. The van der Waals surface area contributed by atoms with Gasteiger partial charge in [-0.2, -0.15) is 0 Å². The van der Waals surface area contributed by atoms with E-state index >= 15 is 0 Å². The van der Waals surface area contributed by atoms with Gasteiger partial charge in [0.05, 0.1) is 16.4 Å². The van der Waals surface area contributed by atoms with Crippen molar-refractivity contribution in [1.29, 1.82) is 0 Å². The lowest BCUT2D eigenvalue weighted by Gasteiger charge is -2.36. The highest BCUT2D eigenvalue weighted by Crippen LogP contribution is 2.33. The van der Waals surface area contributed by atoms with E-state index in [0.717, 1.165) is 49.1 Å². The Morgan fingerprint density at radius 2 is 1.80 bits per heavy atom. The van der Waals surface area contributed by atoms with Crippen LogP contribution in [-0.2, 0) is 0 Å². The quantitative estimate of drug-likeness (QED) is 0.867. The van der Waals surface area contributed by atoms with Gasteiger partial charge in [-0.1, -0.05) is 24.6 Å². The minimum absolute atomic E-state index is 0.779. The molecule has 5 nitrogen and oxygen atoms in total. The molecule has 1 saturated heterocycles. The summed E-state index contributed by atoms with van der Waals surface area (Å²) in [7, 11) is 0. The van der Waals surface area contributed by atoms with Gasteiger partial charge in [-0.15, -0.1) is 10.2 Å². The molecule has 0 radical (unpaired) electrons. The molecule has 0 aliphatic carbocycles. The summed E-state index contributed by atoms with van der Waals surface area (Å²) >= 11 is 6.44. The van der Waals surface area contributed by atoms with Crippen molar-refractivity contribution in [2.45, 2.75) is 6.92 Å². The van der Waals surface area contributed by atoms with Crippen LogP contribution in [-0.4, -0.2) is 52.4 Å². The van der Waals surface area contributed by atoms with Crippen molar-refractivity contribution < 1.29 is 0 Å². The number of hydrogen-bond acceptors (Lipinski definition) is 4. The van der Waals surface area contributed by atoms with Crippen molar-refractivity contribution >= 4 is 17.3 Å². The molecule has 1 fully saturated rings. The molecule has 3 rings (SSSR count). The maximum absolute atomic E-state index is 6.44. The normalized spacial score (nSPS) is 16.6. The van der Waals surface area contributed by atoms with Gasteiger partial charge in [0, 0.05) is 26.2 Å². The van der Waals surface area contributed by atoms with Gasteiger partial charge in [-0.05, 0) is 18.7 Å². The van der Waals surface area contributed by atoms with E-state index in [1.54, 1.807) is 12.7 Å². The van der Waals surface area contributed by atoms with E-state index in [2.05, 4.69) is 33.0 Å². The zero-order chi connectivity index (χ0) is 13.9. The highest BCUT2D eigenvalue weighted by Gasteiger charge is 2.21. The third kappa shape index (κ3) is 2.51. The van der Waals surface area contributed by atoms with Crippen molar-refractivity contribution in [3.8, 4) is 5.69 Å². The van der Waals surface area contributed by atoms with Gasteiger partial charge in [0.1, 0.15) is 12.7 Å². The fourth-order valence-electron chi connectivity index (χ4n) is 2.64. The van der Waals surface area contributed by atoms with Gasteiger partial charge in [0.25, 0.3) is 0 Å². The van der Waals surface area contributed by atoms with Crippen LogP contribution in [0, 0.1) is 0 Å². The third-order valence-corrected chi connectivity index (χ3v) is 4.10. The predicted molar refractivity (Wildman–Crippen MR) is 80.7 cm³/mol. The van der Waals surface area contributed by atoms with Crippen LogP contribution in [0.1, 0.15) is 6.92 Å². The molecule has 6 heteroatoms. The van der Waals surface area contributed by atoms with E-state index in [4.69, 9.17) is 11.6 Å². The van der Waals surface area contributed by atoms with Crippen molar-refractivity contribution in [3.05, 3.63) is 35.9 Å². The first-order chi connectivity index (χ1) is 9.79. The Labute approximate surface area is 123 Å². The summed E-state index contributed by atoms with van der Waals surface area (Å²) in [4.78, 5) is 4.80. The summed E-state index contributed by atoms with van der Waals surface area (Å²) in [5.41, 5.74) is 2.11. The Kier molecular flexibility index (Phi) is 3.89. The molecular formula is C14H18ClN5. The second-order valence-electron chi connectivity index (χ2n) is 4.90. The zero-order valence-corrected chi connectivity index (χ0v) is 12.3. The number of nitrogens with zero attached hydrogens (tertiary/aromatic N) is 5. The highest BCUT2D eigenvalue weighted by molar-refractivity contribution is 6.33. The van der Waals surface area contributed by atoms with Gasteiger partial charge in [0.15, 0.2) is 0 Å². The van der Waals surface area contributed by atoms with E-state index in [1.165, 1.54) is 0 Å². The third-order valence-electron chi connectivity index (χ3n) is 3.80. The number of aromatic nitrogens is 3. The molecule has 1 aliphatic rings. The van der Waals surface area contributed by atoms with Crippen LogP contribution in [0.3, 0.4) is 0 Å². The van der Waals surface area contributed by atoms with Gasteiger partial charge in [-0.25, -0.2) is 0 Å². The SMILES string of the molecule is CCN1CCN(c2c(Cl)cccc2-n2cnnc2)CC1. The number of rotatable bonds is 3. The first kappa shape index (κ1) is 13.4. The number of halogens is 1. The second kappa shape index (κ2) is 5.81. The topological polar surface area (TPSA) is 37.2 Å². The number of anilines is 1. The minimum atomic E-state index is 0.779. The Morgan fingerprint density at radius 1 is 1.10 bits per heavy atom. The summed E-state index contributed by atoms with van der Waals surface area (Å²) in [5.74, 6) is 0. The Morgan fingerprint density at radius 3 is 2.45 bits per heavy atom. The molecule has 20 heavy (non-hydrogen) atoms. The van der Waals surface area contributed by atoms with Crippen LogP contribution in [0.5, 0.6) is 0 Å². The Bertz CT molecular complexity index is 561. The first-order valence-electron chi connectivity index (χ1n) is 6.90. The minimum Gasteiger partial charge on any atom is -0.366 e. The van der Waals surface area contributed by atoms with E-state index in [9.17, 15) is 0 Å². The molecule has 0 N–H and O–H groups in total. The molecule has 2 heterocycles. The molecule has 2 aromatic rings. The largest absolute Gasteiger partial charge is 0.366 e. The molecule has 0 bridgehead atoms. The molecular weight excluding hydrogens is 274 g/mol. The summed E-state index contributed by atoms with van der Waals surface area (Å²) < 4.78 is 1.91. The number of likely N-dealkylation sites (N-methyl/N-ethyl adjacent to an activating group) is 1. The Hall–Kier alpha value is -1.59. The standard InChI is InChI=1S/C14H18ClN5/c1-2-18-6-8-19(9-7-18)14-12(15)4-3-5-13(14)20-10-16-17-11-20/h3-5,10-11H,2,6-9H2,1H3. The summed E-state index contributed by atoms with van der Waals surface area (Å²) in [5, 5.41) is 8.54. The number of para-hydroxylation sites is 1. The van der Waals surface area contributed by atoms with Gasteiger partial charge >= 0.3 is 0 Å². The molecule has 0 amide bonds. The van der Waals surface area contributed by atoms with Crippen LogP contribution in [0.15, 0.2) is 30.9 Å². The molecule has 1 aromatic carbocycles. The lowest BCUT2D eigenvalue weighted by atomic mass is 10.2. The molecule has 1 aliphatic heterocycles. The first-order valence-corrected chi connectivity index (χ1v) is 7.28.